The monoisotopic (exact) mass is 388 g/mol. The van der Waals surface area contributed by atoms with E-state index in [0.717, 1.165) is 17.5 Å². The van der Waals surface area contributed by atoms with Gasteiger partial charge in [0.2, 0.25) is 0 Å². The summed E-state index contributed by atoms with van der Waals surface area (Å²) in [5.41, 5.74) is 14.1. The number of aryl methyl sites for hydroxylation is 2. The van der Waals surface area contributed by atoms with Crippen LogP contribution in [-0.4, -0.2) is 0 Å². The van der Waals surface area contributed by atoms with Gasteiger partial charge in [-0.05, 0) is 94.5 Å². The molecule has 3 aromatic rings. The second-order valence-corrected chi connectivity index (χ2v) is 8.00. The minimum absolute atomic E-state index is 0.968. The number of hydrogen-bond donors (Lipinski definition) is 0. The maximum atomic E-state index is 3.99. The number of benzene rings is 3. The Hall–Kier alpha value is -3.38. The maximum absolute atomic E-state index is 3.99. The van der Waals surface area contributed by atoms with Crippen molar-refractivity contribution in [3.05, 3.63) is 112 Å². The zero-order chi connectivity index (χ0) is 21.3. The molecule has 0 amide bonds. The molecule has 0 bridgehead atoms. The molecular formula is C30H28. The molecule has 148 valence electrons. The smallest absolute Gasteiger partial charge is 0.00132 e. The highest BCUT2D eigenvalue weighted by Crippen LogP contribution is 2.39. The average molecular weight is 389 g/mol. The van der Waals surface area contributed by atoms with Gasteiger partial charge in [0.05, 0.1) is 0 Å². The van der Waals surface area contributed by atoms with Gasteiger partial charge in [-0.1, -0.05) is 86.0 Å². The lowest BCUT2D eigenvalue weighted by Crippen LogP contribution is -1.95. The first-order chi connectivity index (χ1) is 14.5. The van der Waals surface area contributed by atoms with Crippen molar-refractivity contribution < 1.29 is 0 Å². The molecule has 0 unspecified atom stereocenters. The van der Waals surface area contributed by atoms with Gasteiger partial charge in [-0.2, -0.15) is 0 Å². The minimum Gasteiger partial charge on any atom is -0.0984 e. The largest absolute Gasteiger partial charge is 0.0984 e. The topological polar surface area (TPSA) is 0 Å². The molecule has 4 rings (SSSR count). The zero-order valence-electron chi connectivity index (χ0n) is 18.1. The third-order valence-corrected chi connectivity index (χ3v) is 6.02. The molecule has 0 radical (unpaired) electrons. The van der Waals surface area contributed by atoms with E-state index in [1.807, 2.05) is 12.2 Å². The zero-order valence-corrected chi connectivity index (χ0v) is 18.1. The molecule has 0 saturated carbocycles. The Labute approximate surface area is 180 Å². The Morgan fingerprint density at radius 1 is 0.833 bits per heavy atom. The van der Waals surface area contributed by atoms with Crippen LogP contribution in [0.3, 0.4) is 0 Å². The molecule has 0 N–H and O–H groups in total. The summed E-state index contributed by atoms with van der Waals surface area (Å²) in [4.78, 5) is 0. The number of rotatable bonds is 5. The van der Waals surface area contributed by atoms with Crippen molar-refractivity contribution in [1.29, 1.82) is 0 Å². The van der Waals surface area contributed by atoms with Crippen LogP contribution < -0.4 is 0 Å². The van der Waals surface area contributed by atoms with E-state index in [1.165, 1.54) is 50.1 Å². The first kappa shape index (κ1) is 19.9. The summed E-state index contributed by atoms with van der Waals surface area (Å²) in [7, 11) is 0. The van der Waals surface area contributed by atoms with Crippen LogP contribution in [-0.2, 0) is 6.42 Å². The van der Waals surface area contributed by atoms with Crippen molar-refractivity contribution in [1.82, 2.24) is 0 Å². The third kappa shape index (κ3) is 3.50. The lowest BCUT2D eigenvalue weighted by Gasteiger charge is -2.15. The predicted octanol–water partition coefficient (Wildman–Crippen LogP) is 8.39. The molecule has 0 saturated heterocycles. The first-order valence-electron chi connectivity index (χ1n) is 10.5. The van der Waals surface area contributed by atoms with Crippen molar-refractivity contribution in [2.24, 2.45) is 0 Å². The Balaban J connectivity index is 1.82. The number of allylic oxidation sites excluding steroid dienone is 2. The molecule has 0 heteroatoms. The standard InChI is InChI=1S/C30H28/c1-6-10-24-17-27-19-28(18-26(27)15-21(24)5)29-12-9-11-20(4)30(29)25-14-13-22(7-2)23(8-3)16-25/h6-18H,2-3,19H2,1,4-5H3/b10-6-. The average Bonchev–Trinajstić information content (AvgIpc) is 3.16. The Kier molecular flexibility index (Phi) is 5.42. The molecule has 1 aliphatic carbocycles. The Bertz CT molecular complexity index is 1220. The first-order valence-corrected chi connectivity index (χ1v) is 10.5. The lowest BCUT2D eigenvalue weighted by atomic mass is 9.88. The van der Waals surface area contributed by atoms with Crippen molar-refractivity contribution in [2.45, 2.75) is 27.2 Å². The molecule has 1 aliphatic rings. The quantitative estimate of drug-likeness (QED) is 0.412. The highest BCUT2D eigenvalue weighted by atomic mass is 14.2. The molecule has 0 nitrogen and oxygen atoms in total. The van der Waals surface area contributed by atoms with Crippen LogP contribution in [0.5, 0.6) is 0 Å². The lowest BCUT2D eigenvalue weighted by molar-refractivity contribution is 1.28. The summed E-state index contributed by atoms with van der Waals surface area (Å²) < 4.78 is 0. The van der Waals surface area contributed by atoms with Crippen LogP contribution in [0.4, 0.5) is 0 Å². The van der Waals surface area contributed by atoms with Gasteiger partial charge < -0.3 is 0 Å². The predicted molar refractivity (Wildman–Crippen MR) is 134 cm³/mol. The second kappa shape index (κ2) is 8.16. The van der Waals surface area contributed by atoms with Gasteiger partial charge in [0.15, 0.2) is 0 Å². The van der Waals surface area contributed by atoms with E-state index in [9.17, 15) is 0 Å². The van der Waals surface area contributed by atoms with E-state index in [0.29, 0.717) is 0 Å². The molecule has 0 aromatic heterocycles. The SMILES string of the molecule is C=Cc1ccc(-c2c(C)cccc2C2=Cc3cc(C)c(/C=C\C)cc3C2)cc1C=C. The minimum atomic E-state index is 0.968. The normalized spacial score (nSPS) is 12.7. The van der Waals surface area contributed by atoms with Crippen molar-refractivity contribution in [2.75, 3.05) is 0 Å². The van der Waals surface area contributed by atoms with E-state index < -0.39 is 0 Å². The molecule has 0 aliphatic heterocycles. The summed E-state index contributed by atoms with van der Waals surface area (Å²) in [6.45, 7) is 14.4. The van der Waals surface area contributed by atoms with Crippen LogP contribution in [0.25, 0.3) is 41.0 Å². The molecule has 0 heterocycles. The van der Waals surface area contributed by atoms with Crippen molar-refractivity contribution >= 4 is 29.9 Å². The maximum Gasteiger partial charge on any atom is -0.00132 e. The van der Waals surface area contributed by atoms with Crippen LogP contribution in [0.15, 0.2) is 67.8 Å². The summed E-state index contributed by atoms with van der Waals surface area (Å²) >= 11 is 0. The number of hydrogen-bond acceptors (Lipinski definition) is 0. The van der Waals surface area contributed by atoms with Crippen LogP contribution >= 0.6 is 0 Å². The fourth-order valence-electron chi connectivity index (χ4n) is 4.47. The third-order valence-electron chi connectivity index (χ3n) is 6.02. The molecule has 0 atom stereocenters. The van der Waals surface area contributed by atoms with Gasteiger partial charge in [-0.3, -0.25) is 0 Å². The van der Waals surface area contributed by atoms with Gasteiger partial charge >= 0.3 is 0 Å². The van der Waals surface area contributed by atoms with Gasteiger partial charge in [-0.25, -0.2) is 0 Å². The van der Waals surface area contributed by atoms with E-state index in [1.54, 1.807) is 0 Å². The van der Waals surface area contributed by atoms with Gasteiger partial charge in [-0.15, -0.1) is 0 Å². The summed E-state index contributed by atoms with van der Waals surface area (Å²) in [5.74, 6) is 0. The van der Waals surface area contributed by atoms with Gasteiger partial charge in [0, 0.05) is 0 Å². The molecular weight excluding hydrogens is 360 g/mol. The Morgan fingerprint density at radius 3 is 2.37 bits per heavy atom. The molecule has 0 fully saturated rings. The van der Waals surface area contributed by atoms with Gasteiger partial charge in [0.25, 0.3) is 0 Å². The number of fused-ring (bicyclic) bond motifs is 1. The molecule has 0 spiro atoms. The van der Waals surface area contributed by atoms with E-state index in [2.05, 4.69) is 101 Å². The summed E-state index contributed by atoms with van der Waals surface area (Å²) in [5, 5.41) is 0. The van der Waals surface area contributed by atoms with E-state index in [4.69, 9.17) is 0 Å². The second-order valence-electron chi connectivity index (χ2n) is 8.00. The Morgan fingerprint density at radius 2 is 1.63 bits per heavy atom. The fourth-order valence-corrected chi connectivity index (χ4v) is 4.47. The van der Waals surface area contributed by atoms with Crippen molar-refractivity contribution in [3.63, 3.8) is 0 Å². The van der Waals surface area contributed by atoms with E-state index in [-0.39, 0.29) is 0 Å². The molecule has 3 aromatic carbocycles. The summed E-state index contributed by atoms with van der Waals surface area (Å²) in [6.07, 6.45) is 11.4. The highest BCUT2D eigenvalue weighted by molar-refractivity contribution is 5.95. The highest BCUT2D eigenvalue weighted by Gasteiger charge is 2.19. The molecule has 30 heavy (non-hydrogen) atoms. The fraction of sp³-hybridized carbons (Fsp3) is 0.133. The summed E-state index contributed by atoms with van der Waals surface area (Å²) in [6, 6.07) is 17.9. The van der Waals surface area contributed by atoms with Crippen LogP contribution in [0.1, 0.15) is 51.4 Å². The van der Waals surface area contributed by atoms with Gasteiger partial charge in [0.1, 0.15) is 0 Å². The van der Waals surface area contributed by atoms with E-state index >= 15 is 0 Å². The van der Waals surface area contributed by atoms with Crippen LogP contribution in [0.2, 0.25) is 0 Å². The van der Waals surface area contributed by atoms with Crippen molar-refractivity contribution in [3.8, 4) is 11.1 Å². The van der Waals surface area contributed by atoms with Crippen LogP contribution in [0, 0.1) is 13.8 Å².